The fraction of sp³-hybridized carbons (Fsp3) is 0.368. The Morgan fingerprint density at radius 3 is 2.30 bits per heavy atom. The summed E-state index contributed by atoms with van der Waals surface area (Å²) in [4.78, 5) is 0. The van der Waals surface area contributed by atoms with Gasteiger partial charge in [0.15, 0.2) is 0 Å². The van der Waals surface area contributed by atoms with Crippen LogP contribution in [0.25, 0.3) is 0 Å². The van der Waals surface area contributed by atoms with Gasteiger partial charge in [-0.05, 0) is 55.2 Å². The van der Waals surface area contributed by atoms with E-state index in [1.54, 1.807) is 19.2 Å². The summed E-state index contributed by atoms with van der Waals surface area (Å²) in [6.07, 6.45) is 1.38. The first kappa shape index (κ1) is 17.3. The molecule has 0 aliphatic heterocycles. The van der Waals surface area contributed by atoms with E-state index < -0.39 is 6.10 Å². The molecular weight excluding hydrogens is 290 g/mol. The molecule has 0 spiro atoms. The highest BCUT2D eigenvalue weighted by molar-refractivity contribution is 5.28. The summed E-state index contributed by atoms with van der Waals surface area (Å²) in [5.41, 5.74) is 2.08. The zero-order chi connectivity index (χ0) is 16.7. The van der Waals surface area contributed by atoms with Crippen molar-refractivity contribution in [1.29, 1.82) is 0 Å². The molecule has 2 unspecified atom stereocenters. The maximum atomic E-state index is 10.2. The highest BCUT2D eigenvalue weighted by atomic mass is 16.5. The monoisotopic (exact) mass is 315 g/mol. The Balaban J connectivity index is 1.74. The Hall–Kier alpha value is -2.04. The van der Waals surface area contributed by atoms with Crippen LogP contribution < -0.4 is 10.1 Å². The number of aliphatic hydroxyl groups is 1. The van der Waals surface area contributed by atoms with Gasteiger partial charge in [0.2, 0.25) is 0 Å². The maximum Gasteiger partial charge on any atom is 0.118 e. The summed E-state index contributed by atoms with van der Waals surface area (Å²) < 4.78 is 5.12. The van der Waals surface area contributed by atoms with Gasteiger partial charge in [-0.15, -0.1) is 0 Å². The quantitative estimate of drug-likeness (QED) is 0.701. The van der Waals surface area contributed by atoms with Crippen LogP contribution in [0.5, 0.6) is 11.5 Å². The first-order valence-electron chi connectivity index (χ1n) is 7.92. The summed E-state index contributed by atoms with van der Waals surface area (Å²) in [6.45, 7) is 2.63. The molecule has 0 fully saturated rings. The van der Waals surface area contributed by atoms with Gasteiger partial charge in [-0.25, -0.2) is 0 Å². The Kier molecular flexibility index (Phi) is 6.44. The van der Waals surface area contributed by atoms with E-state index in [0.717, 1.165) is 24.2 Å². The second kappa shape index (κ2) is 8.56. The van der Waals surface area contributed by atoms with Crippen LogP contribution in [-0.2, 0) is 6.42 Å². The molecule has 2 rings (SSSR count). The lowest BCUT2D eigenvalue weighted by atomic mass is 10.1. The highest BCUT2D eigenvalue weighted by Gasteiger charge is 2.10. The number of ether oxygens (including phenoxy) is 1. The molecule has 23 heavy (non-hydrogen) atoms. The van der Waals surface area contributed by atoms with Crippen molar-refractivity contribution in [2.45, 2.75) is 31.9 Å². The lowest BCUT2D eigenvalue weighted by Crippen LogP contribution is -2.30. The van der Waals surface area contributed by atoms with E-state index in [2.05, 4.69) is 12.2 Å². The molecule has 0 saturated carbocycles. The third-order valence-electron chi connectivity index (χ3n) is 3.96. The predicted octanol–water partition coefficient (Wildman–Crippen LogP) is 3.05. The molecule has 0 heterocycles. The predicted molar refractivity (Wildman–Crippen MR) is 91.8 cm³/mol. The van der Waals surface area contributed by atoms with Crippen molar-refractivity contribution in [3.8, 4) is 11.5 Å². The fourth-order valence-corrected chi connectivity index (χ4v) is 2.40. The van der Waals surface area contributed by atoms with Gasteiger partial charge in [0.05, 0.1) is 13.2 Å². The van der Waals surface area contributed by atoms with Gasteiger partial charge < -0.3 is 20.3 Å². The third kappa shape index (κ3) is 5.58. The van der Waals surface area contributed by atoms with Gasteiger partial charge in [-0.2, -0.15) is 0 Å². The number of aromatic hydroxyl groups is 1. The van der Waals surface area contributed by atoms with E-state index in [4.69, 9.17) is 4.74 Å². The summed E-state index contributed by atoms with van der Waals surface area (Å²) in [6, 6.07) is 15.1. The molecule has 0 aliphatic rings. The fourth-order valence-electron chi connectivity index (χ4n) is 2.40. The van der Waals surface area contributed by atoms with Crippen molar-refractivity contribution >= 4 is 0 Å². The molecule has 2 atom stereocenters. The van der Waals surface area contributed by atoms with Crippen molar-refractivity contribution in [1.82, 2.24) is 5.32 Å². The number of hydrogen-bond acceptors (Lipinski definition) is 4. The number of phenolic OH excluding ortho intramolecular Hbond substituents is 1. The first-order chi connectivity index (χ1) is 11.1. The Bertz CT molecular complexity index is 581. The normalized spacial score (nSPS) is 13.5. The molecule has 124 valence electrons. The van der Waals surface area contributed by atoms with Crippen LogP contribution in [-0.4, -0.2) is 29.9 Å². The van der Waals surface area contributed by atoms with Crippen molar-refractivity contribution in [3.63, 3.8) is 0 Å². The maximum absolute atomic E-state index is 10.2. The summed E-state index contributed by atoms with van der Waals surface area (Å²) in [5.74, 6) is 1.08. The minimum atomic E-state index is -0.531. The minimum Gasteiger partial charge on any atom is -0.508 e. The molecule has 4 heteroatoms. The zero-order valence-corrected chi connectivity index (χ0v) is 13.7. The average molecular weight is 315 g/mol. The van der Waals surface area contributed by atoms with Crippen molar-refractivity contribution in [2.75, 3.05) is 13.7 Å². The van der Waals surface area contributed by atoms with Gasteiger partial charge in [-0.1, -0.05) is 24.3 Å². The Labute approximate surface area is 137 Å². The SMILES string of the molecule is COc1ccc(C(O)CNC(C)CCc2ccc(O)cc2)cc1. The number of methoxy groups -OCH3 is 1. The summed E-state index contributed by atoms with van der Waals surface area (Å²) in [5, 5.41) is 22.9. The second-order valence-corrected chi connectivity index (χ2v) is 5.80. The van der Waals surface area contributed by atoms with Crippen LogP contribution in [0.3, 0.4) is 0 Å². The standard InChI is InChI=1S/C19H25NO3/c1-14(3-4-15-5-9-17(21)10-6-15)20-13-19(22)16-7-11-18(23-2)12-8-16/h5-12,14,19-22H,3-4,13H2,1-2H3. The Morgan fingerprint density at radius 2 is 1.70 bits per heavy atom. The number of rotatable bonds is 8. The van der Waals surface area contributed by atoms with Gasteiger partial charge in [-0.3, -0.25) is 0 Å². The van der Waals surface area contributed by atoms with E-state index in [0.29, 0.717) is 18.3 Å². The molecular formula is C19H25NO3. The van der Waals surface area contributed by atoms with Gasteiger partial charge in [0, 0.05) is 12.6 Å². The van der Waals surface area contributed by atoms with Gasteiger partial charge in [0.1, 0.15) is 11.5 Å². The van der Waals surface area contributed by atoms with Crippen LogP contribution in [0.15, 0.2) is 48.5 Å². The molecule has 2 aromatic rings. The lowest BCUT2D eigenvalue weighted by Gasteiger charge is -2.17. The molecule has 3 N–H and O–H groups in total. The molecule has 0 aromatic heterocycles. The number of aryl methyl sites for hydroxylation is 1. The largest absolute Gasteiger partial charge is 0.508 e. The van der Waals surface area contributed by atoms with Crippen molar-refractivity contribution in [3.05, 3.63) is 59.7 Å². The molecule has 0 aliphatic carbocycles. The lowest BCUT2D eigenvalue weighted by molar-refractivity contribution is 0.170. The number of aliphatic hydroxyl groups excluding tert-OH is 1. The number of benzene rings is 2. The van der Waals surface area contributed by atoms with Crippen LogP contribution in [0.1, 0.15) is 30.6 Å². The smallest absolute Gasteiger partial charge is 0.118 e. The molecule has 0 radical (unpaired) electrons. The third-order valence-corrected chi connectivity index (χ3v) is 3.96. The van der Waals surface area contributed by atoms with Gasteiger partial charge in [0.25, 0.3) is 0 Å². The van der Waals surface area contributed by atoms with Crippen molar-refractivity contribution in [2.24, 2.45) is 0 Å². The second-order valence-electron chi connectivity index (χ2n) is 5.80. The van der Waals surface area contributed by atoms with Gasteiger partial charge >= 0.3 is 0 Å². The van der Waals surface area contributed by atoms with E-state index in [1.165, 1.54) is 5.56 Å². The minimum absolute atomic E-state index is 0.294. The molecule has 0 bridgehead atoms. The van der Waals surface area contributed by atoms with Crippen LogP contribution in [0.4, 0.5) is 0 Å². The highest BCUT2D eigenvalue weighted by Crippen LogP contribution is 2.17. The van der Waals surface area contributed by atoms with Crippen LogP contribution in [0, 0.1) is 0 Å². The first-order valence-corrected chi connectivity index (χ1v) is 7.92. The molecule has 4 nitrogen and oxygen atoms in total. The number of hydrogen-bond donors (Lipinski definition) is 3. The van der Waals surface area contributed by atoms with E-state index >= 15 is 0 Å². The number of phenols is 1. The van der Waals surface area contributed by atoms with E-state index in [9.17, 15) is 10.2 Å². The molecule has 0 amide bonds. The van der Waals surface area contributed by atoms with E-state index in [-0.39, 0.29) is 0 Å². The zero-order valence-electron chi connectivity index (χ0n) is 13.7. The molecule has 2 aromatic carbocycles. The van der Waals surface area contributed by atoms with Crippen LogP contribution in [0.2, 0.25) is 0 Å². The average Bonchev–Trinajstić information content (AvgIpc) is 2.59. The van der Waals surface area contributed by atoms with Crippen LogP contribution >= 0.6 is 0 Å². The van der Waals surface area contributed by atoms with Crippen molar-refractivity contribution < 1.29 is 14.9 Å². The Morgan fingerprint density at radius 1 is 1.04 bits per heavy atom. The summed E-state index contributed by atoms with van der Waals surface area (Å²) >= 11 is 0. The number of nitrogens with one attached hydrogen (secondary N) is 1. The topological polar surface area (TPSA) is 61.7 Å². The van der Waals surface area contributed by atoms with E-state index in [1.807, 2.05) is 36.4 Å². The molecule has 0 saturated heterocycles. The summed E-state index contributed by atoms with van der Waals surface area (Å²) in [7, 11) is 1.63.